The van der Waals surface area contributed by atoms with Crippen molar-refractivity contribution in [3.63, 3.8) is 0 Å². The van der Waals surface area contributed by atoms with Gasteiger partial charge < -0.3 is 4.42 Å². The van der Waals surface area contributed by atoms with Crippen LogP contribution in [0.1, 0.15) is 17.3 Å². The zero-order valence-corrected chi connectivity index (χ0v) is 11.2. The number of hydrogen-bond donors (Lipinski definition) is 0. The molecule has 0 aliphatic rings. The molecule has 3 aromatic rings. The Morgan fingerprint density at radius 3 is 2.25 bits per heavy atom. The zero-order valence-electron chi connectivity index (χ0n) is 11.2. The summed E-state index contributed by atoms with van der Waals surface area (Å²) in [5.74, 6) is 0.938. The molecule has 0 spiro atoms. The molecule has 2 aromatic carbocycles. The quantitative estimate of drug-likeness (QED) is 0.634. The fraction of sp³-hybridized carbons (Fsp3) is 0.0556. The van der Waals surface area contributed by atoms with Gasteiger partial charge in [0.25, 0.3) is 0 Å². The number of carbonyl (C=O) groups is 1. The predicted molar refractivity (Wildman–Crippen MR) is 79.6 cm³/mol. The molecule has 1 aromatic heterocycles. The largest absolute Gasteiger partial charge is 0.464 e. The molecule has 0 unspecified atom stereocenters. The SMILES string of the molecule is CC(=O)c1ccc(-c2cccc(-c3ccco3)c2)cc1. The third-order valence-corrected chi connectivity index (χ3v) is 3.29. The summed E-state index contributed by atoms with van der Waals surface area (Å²) in [6.07, 6.45) is 1.67. The third-order valence-electron chi connectivity index (χ3n) is 3.29. The number of carbonyl (C=O) groups excluding carboxylic acids is 1. The van der Waals surface area contributed by atoms with Crippen LogP contribution in [0.5, 0.6) is 0 Å². The van der Waals surface area contributed by atoms with Crippen molar-refractivity contribution in [2.24, 2.45) is 0 Å². The molecule has 2 heteroatoms. The van der Waals surface area contributed by atoms with Crippen LogP contribution >= 0.6 is 0 Å². The van der Waals surface area contributed by atoms with Gasteiger partial charge in [0.2, 0.25) is 0 Å². The number of rotatable bonds is 3. The summed E-state index contributed by atoms with van der Waals surface area (Å²) in [7, 11) is 0. The maximum absolute atomic E-state index is 11.3. The van der Waals surface area contributed by atoms with E-state index in [1.165, 1.54) is 0 Å². The zero-order chi connectivity index (χ0) is 13.9. The number of ketones is 1. The maximum atomic E-state index is 11.3. The lowest BCUT2D eigenvalue weighted by atomic mass is 10.0. The van der Waals surface area contributed by atoms with Gasteiger partial charge in [0.05, 0.1) is 6.26 Å². The Balaban J connectivity index is 1.98. The van der Waals surface area contributed by atoms with Gasteiger partial charge in [-0.3, -0.25) is 4.79 Å². The highest BCUT2D eigenvalue weighted by Gasteiger charge is 2.04. The maximum Gasteiger partial charge on any atom is 0.159 e. The molecule has 2 nitrogen and oxygen atoms in total. The molecule has 1 heterocycles. The van der Waals surface area contributed by atoms with Gasteiger partial charge in [-0.15, -0.1) is 0 Å². The van der Waals surface area contributed by atoms with Crippen LogP contribution in [0.4, 0.5) is 0 Å². The van der Waals surface area contributed by atoms with Crippen molar-refractivity contribution in [2.75, 3.05) is 0 Å². The van der Waals surface area contributed by atoms with Crippen LogP contribution in [0.3, 0.4) is 0 Å². The Bertz CT molecular complexity index is 722. The number of hydrogen-bond acceptors (Lipinski definition) is 2. The van der Waals surface area contributed by atoms with Gasteiger partial charge in [0.15, 0.2) is 5.78 Å². The number of benzene rings is 2. The first-order chi connectivity index (χ1) is 9.74. The van der Waals surface area contributed by atoms with Crippen molar-refractivity contribution in [2.45, 2.75) is 6.92 Å². The van der Waals surface area contributed by atoms with Crippen molar-refractivity contribution in [1.82, 2.24) is 0 Å². The first kappa shape index (κ1) is 12.4. The summed E-state index contributed by atoms with van der Waals surface area (Å²) in [5, 5.41) is 0. The first-order valence-electron chi connectivity index (χ1n) is 6.49. The van der Waals surface area contributed by atoms with E-state index < -0.39 is 0 Å². The lowest BCUT2D eigenvalue weighted by Crippen LogP contribution is -1.90. The van der Waals surface area contributed by atoms with Crippen LogP contribution in [0.15, 0.2) is 71.3 Å². The molecule has 0 aliphatic heterocycles. The summed E-state index contributed by atoms with van der Waals surface area (Å²) in [4.78, 5) is 11.3. The molecule has 0 saturated carbocycles. The van der Waals surface area contributed by atoms with Crippen LogP contribution in [-0.2, 0) is 0 Å². The average Bonchev–Trinajstić information content (AvgIpc) is 3.02. The van der Waals surface area contributed by atoms with Gasteiger partial charge in [0.1, 0.15) is 5.76 Å². The number of furan rings is 1. The molecule has 0 bridgehead atoms. The summed E-state index contributed by atoms with van der Waals surface area (Å²) in [5.41, 5.74) is 3.97. The Hall–Kier alpha value is -2.61. The van der Waals surface area contributed by atoms with Gasteiger partial charge >= 0.3 is 0 Å². The topological polar surface area (TPSA) is 30.2 Å². The van der Waals surface area contributed by atoms with Gasteiger partial charge in [0, 0.05) is 11.1 Å². The molecule has 0 amide bonds. The number of Topliss-reactive ketones (excluding diaryl/α,β-unsaturated/α-hetero) is 1. The molecule has 0 saturated heterocycles. The van der Waals surface area contributed by atoms with E-state index in [-0.39, 0.29) is 5.78 Å². The lowest BCUT2D eigenvalue weighted by molar-refractivity contribution is 0.101. The third kappa shape index (κ3) is 2.41. The Morgan fingerprint density at radius 2 is 1.60 bits per heavy atom. The van der Waals surface area contributed by atoms with Crippen LogP contribution in [0.2, 0.25) is 0 Å². The Labute approximate surface area is 117 Å². The van der Waals surface area contributed by atoms with E-state index in [0.29, 0.717) is 0 Å². The summed E-state index contributed by atoms with van der Waals surface area (Å²) in [6.45, 7) is 1.58. The monoisotopic (exact) mass is 262 g/mol. The minimum absolute atomic E-state index is 0.0842. The highest BCUT2D eigenvalue weighted by molar-refractivity contribution is 5.94. The van der Waals surface area contributed by atoms with Crippen LogP contribution in [0, 0.1) is 0 Å². The van der Waals surface area contributed by atoms with Crippen LogP contribution in [0.25, 0.3) is 22.5 Å². The van der Waals surface area contributed by atoms with Crippen molar-refractivity contribution in [3.05, 3.63) is 72.5 Å². The molecule has 3 rings (SSSR count). The van der Waals surface area contributed by atoms with Gasteiger partial charge in [-0.05, 0) is 36.2 Å². The second kappa shape index (κ2) is 5.17. The summed E-state index contributed by atoms with van der Waals surface area (Å²) < 4.78 is 5.42. The first-order valence-corrected chi connectivity index (χ1v) is 6.49. The second-order valence-corrected chi connectivity index (χ2v) is 4.69. The molecule has 0 fully saturated rings. The minimum atomic E-state index is 0.0842. The van der Waals surface area contributed by atoms with E-state index in [0.717, 1.165) is 28.0 Å². The molecule has 0 atom stereocenters. The van der Waals surface area contributed by atoms with Crippen molar-refractivity contribution in [1.29, 1.82) is 0 Å². The van der Waals surface area contributed by atoms with Gasteiger partial charge in [-0.2, -0.15) is 0 Å². The van der Waals surface area contributed by atoms with E-state index in [2.05, 4.69) is 12.1 Å². The molecular weight excluding hydrogens is 248 g/mol. The second-order valence-electron chi connectivity index (χ2n) is 4.69. The van der Waals surface area contributed by atoms with Gasteiger partial charge in [-0.1, -0.05) is 42.5 Å². The minimum Gasteiger partial charge on any atom is -0.464 e. The normalized spacial score (nSPS) is 10.4. The standard InChI is InChI=1S/C18H14O2/c1-13(19)14-7-9-15(10-8-14)16-4-2-5-17(12-16)18-6-3-11-20-18/h2-12H,1H3. The van der Waals surface area contributed by atoms with Crippen molar-refractivity contribution >= 4 is 5.78 Å². The molecule has 20 heavy (non-hydrogen) atoms. The average molecular weight is 262 g/mol. The van der Waals surface area contributed by atoms with Crippen LogP contribution < -0.4 is 0 Å². The highest BCUT2D eigenvalue weighted by atomic mass is 16.3. The molecule has 0 aliphatic carbocycles. The molecular formula is C18H14O2. The smallest absolute Gasteiger partial charge is 0.159 e. The van der Waals surface area contributed by atoms with Gasteiger partial charge in [-0.25, -0.2) is 0 Å². The lowest BCUT2D eigenvalue weighted by Gasteiger charge is -2.05. The molecule has 0 radical (unpaired) electrons. The predicted octanol–water partition coefficient (Wildman–Crippen LogP) is 4.82. The fourth-order valence-electron chi connectivity index (χ4n) is 2.19. The highest BCUT2D eigenvalue weighted by Crippen LogP contribution is 2.26. The summed E-state index contributed by atoms with van der Waals surface area (Å²) >= 11 is 0. The van der Waals surface area contributed by atoms with E-state index in [1.54, 1.807) is 13.2 Å². The van der Waals surface area contributed by atoms with E-state index >= 15 is 0 Å². The molecule has 98 valence electrons. The van der Waals surface area contributed by atoms with Crippen LogP contribution in [-0.4, -0.2) is 5.78 Å². The summed E-state index contributed by atoms with van der Waals surface area (Å²) in [6, 6.07) is 19.6. The van der Waals surface area contributed by atoms with Crippen molar-refractivity contribution < 1.29 is 9.21 Å². The fourth-order valence-corrected chi connectivity index (χ4v) is 2.19. The van der Waals surface area contributed by atoms with E-state index in [4.69, 9.17) is 4.42 Å². The Kier molecular flexibility index (Phi) is 3.21. The van der Waals surface area contributed by atoms with E-state index in [9.17, 15) is 4.79 Å². The Morgan fingerprint density at radius 1 is 0.850 bits per heavy atom. The van der Waals surface area contributed by atoms with E-state index in [1.807, 2.05) is 48.5 Å². The van der Waals surface area contributed by atoms with Crippen molar-refractivity contribution in [3.8, 4) is 22.5 Å². The molecule has 0 N–H and O–H groups in total.